The molecule has 0 aliphatic heterocycles. The Morgan fingerprint density at radius 2 is 1.73 bits per heavy atom. The summed E-state index contributed by atoms with van der Waals surface area (Å²) in [5, 5.41) is 0.615. The molecule has 0 rings (SSSR count). The molecule has 1 nitrogen and oxygen atoms in total. The number of hydrogen-bond acceptors (Lipinski definition) is 2. The quantitative estimate of drug-likeness (QED) is 0.634. The third-order valence-corrected chi connectivity index (χ3v) is 5.46. The average molecular weight is 194 g/mol. The van der Waals surface area contributed by atoms with Crippen molar-refractivity contribution < 1.29 is 4.52 Å². The summed E-state index contributed by atoms with van der Waals surface area (Å²) in [5.74, 6) is 0. The lowest BCUT2D eigenvalue weighted by Crippen LogP contribution is -1.99. The summed E-state index contributed by atoms with van der Waals surface area (Å²) >= 11 is 1.86. The van der Waals surface area contributed by atoms with Crippen LogP contribution in [0.2, 0.25) is 0 Å². The molecule has 1 atom stereocenters. The highest BCUT2D eigenvalue weighted by atomic mass is 32.7. The van der Waals surface area contributed by atoms with Gasteiger partial charge in [0.2, 0.25) is 0 Å². The van der Waals surface area contributed by atoms with Gasteiger partial charge in [-0.2, -0.15) is 0 Å². The zero-order valence-corrected chi connectivity index (χ0v) is 9.84. The molecular formula is C8H19OPS. The molecule has 0 saturated carbocycles. The smallest absolute Gasteiger partial charge is 0.0570 e. The first kappa shape index (κ1) is 11.6. The summed E-state index contributed by atoms with van der Waals surface area (Å²) < 4.78 is 5.71. The summed E-state index contributed by atoms with van der Waals surface area (Å²) in [7, 11) is 0. The van der Waals surface area contributed by atoms with Gasteiger partial charge >= 0.3 is 0 Å². The van der Waals surface area contributed by atoms with E-state index in [0.29, 0.717) is 11.4 Å². The van der Waals surface area contributed by atoms with Crippen LogP contribution in [-0.4, -0.2) is 24.3 Å². The van der Waals surface area contributed by atoms with E-state index in [2.05, 4.69) is 40.7 Å². The van der Waals surface area contributed by atoms with E-state index in [1.165, 1.54) is 0 Å². The summed E-state index contributed by atoms with van der Waals surface area (Å²) in [4.78, 5) is 0. The molecule has 0 heterocycles. The Morgan fingerprint density at radius 3 is 2.00 bits per heavy atom. The number of hydrogen-bond donors (Lipinski definition) is 0. The molecule has 0 fully saturated rings. The van der Waals surface area contributed by atoms with Crippen molar-refractivity contribution in [3.63, 3.8) is 0 Å². The van der Waals surface area contributed by atoms with Gasteiger partial charge in [-0.05, 0) is 20.5 Å². The van der Waals surface area contributed by atoms with Gasteiger partial charge in [-0.25, -0.2) is 0 Å². The Morgan fingerprint density at radius 1 is 1.27 bits per heavy atom. The van der Waals surface area contributed by atoms with Gasteiger partial charge in [0.15, 0.2) is 0 Å². The van der Waals surface area contributed by atoms with Crippen molar-refractivity contribution >= 4 is 24.0 Å². The lowest BCUT2D eigenvalue weighted by molar-refractivity contribution is 0.277. The lowest BCUT2D eigenvalue weighted by Gasteiger charge is -2.23. The zero-order chi connectivity index (χ0) is 9.07. The van der Waals surface area contributed by atoms with E-state index >= 15 is 0 Å². The van der Waals surface area contributed by atoms with E-state index in [1.807, 2.05) is 11.4 Å². The van der Waals surface area contributed by atoms with E-state index in [4.69, 9.17) is 4.52 Å². The predicted octanol–water partition coefficient (Wildman–Crippen LogP) is 3.46. The predicted molar refractivity (Wildman–Crippen MR) is 58.9 cm³/mol. The summed E-state index contributed by atoms with van der Waals surface area (Å²) in [6.45, 7) is 10.6. The van der Waals surface area contributed by atoms with E-state index in [0.717, 1.165) is 0 Å². The molecule has 1 unspecified atom stereocenters. The molecule has 0 aromatic rings. The van der Waals surface area contributed by atoms with Crippen molar-refractivity contribution in [2.24, 2.45) is 0 Å². The molecule has 0 radical (unpaired) electrons. The zero-order valence-electron chi connectivity index (χ0n) is 8.13. The minimum Gasteiger partial charge on any atom is -0.349 e. The summed E-state index contributed by atoms with van der Waals surface area (Å²) in [5.41, 5.74) is 0. The van der Waals surface area contributed by atoms with Crippen molar-refractivity contribution in [3.05, 3.63) is 0 Å². The molecule has 0 aromatic carbocycles. The first-order valence-electron chi connectivity index (χ1n) is 3.91. The van der Waals surface area contributed by atoms with Crippen molar-refractivity contribution in [3.8, 4) is 0 Å². The van der Waals surface area contributed by atoms with E-state index < -0.39 is 6.31 Å². The largest absolute Gasteiger partial charge is 0.349 e. The van der Waals surface area contributed by atoms with Gasteiger partial charge in [0.1, 0.15) is 0 Å². The molecule has 0 aliphatic rings. The maximum atomic E-state index is 5.71. The topological polar surface area (TPSA) is 9.23 Å². The Kier molecular flexibility index (Phi) is 4.85. The van der Waals surface area contributed by atoms with Crippen molar-refractivity contribution in [2.75, 3.05) is 6.66 Å². The Labute approximate surface area is 74.7 Å². The first-order valence-corrected chi connectivity index (χ1v) is 7.73. The van der Waals surface area contributed by atoms with Gasteiger partial charge in [0.05, 0.1) is 12.4 Å². The number of rotatable bonds is 4. The van der Waals surface area contributed by atoms with Crippen LogP contribution in [0.4, 0.5) is 0 Å². The average Bonchev–Trinajstić information content (AvgIpc) is 1.53. The molecule has 0 aliphatic carbocycles. The maximum absolute atomic E-state index is 5.71. The van der Waals surface area contributed by atoms with E-state index in [1.54, 1.807) is 0 Å². The van der Waals surface area contributed by atoms with Gasteiger partial charge in [0, 0.05) is 5.25 Å². The molecule has 0 spiro atoms. The molecule has 0 saturated heterocycles. The summed E-state index contributed by atoms with van der Waals surface area (Å²) in [6, 6.07) is 0. The van der Waals surface area contributed by atoms with Crippen LogP contribution in [0.15, 0.2) is 0 Å². The second-order valence-corrected chi connectivity index (χ2v) is 9.66. The molecule has 0 aromatic heterocycles. The third kappa shape index (κ3) is 6.99. The van der Waals surface area contributed by atoms with Crippen LogP contribution in [0.5, 0.6) is 0 Å². The van der Waals surface area contributed by atoms with Gasteiger partial charge < -0.3 is 4.52 Å². The first-order chi connectivity index (χ1) is 4.83. The highest BCUT2D eigenvalue weighted by molar-refractivity contribution is 8.59. The van der Waals surface area contributed by atoms with E-state index in [-0.39, 0.29) is 0 Å². The van der Waals surface area contributed by atoms with Gasteiger partial charge in [-0.3, -0.25) is 0 Å². The molecule has 11 heavy (non-hydrogen) atoms. The third-order valence-electron chi connectivity index (χ3n) is 0.868. The molecular weight excluding hydrogens is 175 g/mol. The van der Waals surface area contributed by atoms with Crippen LogP contribution in [0.3, 0.4) is 0 Å². The van der Waals surface area contributed by atoms with Crippen LogP contribution in [0.25, 0.3) is 0 Å². The standard InChI is InChI=1S/C8H19OPS/c1-7(2)9-10(5,6)11-8(3)4/h7-8H,5H2,1-4,6H3. The molecule has 0 N–H and O–H groups in total. The Hall–Kier alpha value is 0.610. The molecule has 0 amide bonds. The van der Waals surface area contributed by atoms with Gasteiger partial charge in [-0.15, -0.1) is 11.4 Å². The normalized spacial score (nSPS) is 17.4. The van der Waals surface area contributed by atoms with Crippen molar-refractivity contribution in [1.82, 2.24) is 0 Å². The molecule has 68 valence electrons. The van der Waals surface area contributed by atoms with Crippen LogP contribution >= 0.6 is 17.7 Å². The van der Waals surface area contributed by atoms with Crippen LogP contribution in [-0.2, 0) is 4.52 Å². The molecule has 3 heteroatoms. The second kappa shape index (κ2) is 4.59. The minimum atomic E-state index is -1.39. The molecule has 0 bridgehead atoms. The highest BCUT2D eigenvalue weighted by Gasteiger charge is 2.12. The maximum Gasteiger partial charge on any atom is 0.0570 e. The van der Waals surface area contributed by atoms with E-state index in [9.17, 15) is 0 Å². The minimum absolute atomic E-state index is 0.303. The fourth-order valence-corrected chi connectivity index (χ4v) is 6.09. The van der Waals surface area contributed by atoms with Crippen molar-refractivity contribution in [2.45, 2.75) is 39.0 Å². The van der Waals surface area contributed by atoms with Crippen molar-refractivity contribution in [1.29, 1.82) is 0 Å². The SMILES string of the molecule is C=P(C)(OC(C)C)SC(C)C. The second-order valence-electron chi connectivity index (χ2n) is 3.32. The van der Waals surface area contributed by atoms with Gasteiger partial charge in [-0.1, -0.05) is 20.1 Å². The van der Waals surface area contributed by atoms with Crippen LogP contribution in [0, 0.1) is 0 Å². The Balaban J connectivity index is 3.91. The highest BCUT2D eigenvalue weighted by Crippen LogP contribution is 2.58. The lowest BCUT2D eigenvalue weighted by atomic mass is 10.5. The van der Waals surface area contributed by atoms with Crippen LogP contribution in [0.1, 0.15) is 27.7 Å². The van der Waals surface area contributed by atoms with Crippen LogP contribution < -0.4 is 0 Å². The fraction of sp³-hybridized carbons (Fsp3) is 0.875. The Bertz CT molecular complexity index is 140. The monoisotopic (exact) mass is 194 g/mol. The fourth-order valence-electron chi connectivity index (χ4n) is 0.917. The van der Waals surface area contributed by atoms with Gasteiger partial charge in [0.25, 0.3) is 0 Å². The summed E-state index contributed by atoms with van der Waals surface area (Å²) in [6.07, 6.45) is 3.02.